The average molecular weight is 215 g/mol. The lowest BCUT2D eigenvalue weighted by molar-refractivity contribution is 0.00851. The topological polar surface area (TPSA) is 29.5 Å². The van der Waals surface area contributed by atoms with Crippen molar-refractivity contribution >= 4 is 11.6 Å². The largest absolute Gasteiger partial charge is 0.489 e. The molecule has 1 N–H and O–H groups in total. The molecule has 0 aliphatic heterocycles. The van der Waals surface area contributed by atoms with Crippen LogP contribution in [0.2, 0.25) is 5.02 Å². The van der Waals surface area contributed by atoms with Gasteiger partial charge in [0.25, 0.3) is 0 Å². The molecule has 0 heterocycles. The second kappa shape index (κ2) is 4.67. The van der Waals surface area contributed by atoms with E-state index in [1.54, 1.807) is 19.1 Å². The second-order valence-electron chi connectivity index (χ2n) is 3.57. The molecule has 2 nitrogen and oxygen atoms in total. The molecule has 0 aliphatic carbocycles. The summed E-state index contributed by atoms with van der Waals surface area (Å²) >= 11 is 5.89. The van der Waals surface area contributed by atoms with Gasteiger partial charge < -0.3 is 9.84 Å². The number of hydrogen-bond donors (Lipinski definition) is 1. The molecule has 0 aliphatic rings. The number of benzene rings is 1. The summed E-state index contributed by atoms with van der Waals surface area (Å²) in [5, 5.41) is 10.3. The Morgan fingerprint density at radius 3 is 2.64 bits per heavy atom. The van der Waals surface area contributed by atoms with Gasteiger partial charge in [-0.15, -0.1) is 0 Å². The van der Waals surface area contributed by atoms with Crippen molar-refractivity contribution in [2.75, 3.05) is 6.61 Å². The van der Waals surface area contributed by atoms with E-state index in [1.165, 1.54) is 0 Å². The molecule has 0 saturated heterocycles. The predicted octanol–water partition coefficient (Wildman–Crippen LogP) is 2.88. The Balaban J connectivity index is 2.58. The summed E-state index contributed by atoms with van der Waals surface area (Å²) in [4.78, 5) is 0. The maximum atomic E-state index is 9.71. The fourth-order valence-corrected chi connectivity index (χ4v) is 1.09. The van der Waals surface area contributed by atoms with Crippen LogP contribution < -0.4 is 4.74 Å². The predicted molar refractivity (Wildman–Crippen MR) is 57.9 cm³/mol. The summed E-state index contributed by atoms with van der Waals surface area (Å²) in [6, 6.07) is 7.24. The summed E-state index contributed by atoms with van der Waals surface area (Å²) in [7, 11) is 0. The van der Waals surface area contributed by atoms with Crippen molar-refractivity contribution in [3.8, 4) is 5.75 Å². The summed E-state index contributed by atoms with van der Waals surface area (Å²) in [6.45, 7) is 3.91. The number of aliphatic hydroxyl groups is 1. The summed E-state index contributed by atoms with van der Waals surface area (Å²) in [6.07, 6.45) is 0.650. The summed E-state index contributed by atoms with van der Waals surface area (Å²) in [5.74, 6) is 0.614. The minimum Gasteiger partial charge on any atom is -0.489 e. The molecule has 0 amide bonds. The smallest absolute Gasteiger partial charge is 0.138 e. The normalized spacial score (nSPS) is 14.9. The van der Waals surface area contributed by atoms with Crippen LogP contribution in [0.1, 0.15) is 20.3 Å². The van der Waals surface area contributed by atoms with Crippen LogP contribution in [0.4, 0.5) is 0 Å². The Morgan fingerprint density at radius 2 is 2.07 bits per heavy atom. The van der Waals surface area contributed by atoms with E-state index in [1.807, 2.05) is 19.1 Å². The maximum absolute atomic E-state index is 9.71. The van der Waals surface area contributed by atoms with Gasteiger partial charge in [-0.25, -0.2) is 0 Å². The molecule has 0 radical (unpaired) electrons. The molecule has 0 fully saturated rings. The monoisotopic (exact) mass is 214 g/mol. The van der Waals surface area contributed by atoms with E-state index in [0.29, 0.717) is 17.2 Å². The van der Waals surface area contributed by atoms with Crippen molar-refractivity contribution in [1.29, 1.82) is 0 Å². The van der Waals surface area contributed by atoms with Gasteiger partial charge in [0.05, 0.1) is 10.6 Å². The molecule has 78 valence electrons. The molecule has 0 aromatic heterocycles. The molecule has 1 unspecified atom stereocenters. The first kappa shape index (κ1) is 11.3. The lowest BCUT2D eigenvalue weighted by Crippen LogP contribution is -2.31. The highest BCUT2D eigenvalue weighted by atomic mass is 35.5. The highest BCUT2D eigenvalue weighted by molar-refractivity contribution is 6.32. The van der Waals surface area contributed by atoms with Gasteiger partial charge in [-0.3, -0.25) is 0 Å². The lowest BCUT2D eigenvalue weighted by atomic mass is 10.1. The molecule has 1 rings (SSSR count). The zero-order chi connectivity index (χ0) is 10.6. The molecule has 14 heavy (non-hydrogen) atoms. The zero-order valence-corrected chi connectivity index (χ0v) is 9.21. The van der Waals surface area contributed by atoms with E-state index < -0.39 is 5.60 Å². The van der Waals surface area contributed by atoms with Crippen molar-refractivity contribution < 1.29 is 9.84 Å². The lowest BCUT2D eigenvalue weighted by Gasteiger charge is -2.21. The van der Waals surface area contributed by atoms with Gasteiger partial charge in [0.2, 0.25) is 0 Å². The molecule has 1 atom stereocenters. The first-order chi connectivity index (χ1) is 6.55. The highest BCUT2D eigenvalue weighted by Crippen LogP contribution is 2.24. The highest BCUT2D eigenvalue weighted by Gasteiger charge is 2.18. The van der Waals surface area contributed by atoms with Crippen LogP contribution >= 0.6 is 11.6 Å². The molecule has 0 bridgehead atoms. The van der Waals surface area contributed by atoms with Crippen molar-refractivity contribution in [3.63, 3.8) is 0 Å². The maximum Gasteiger partial charge on any atom is 0.138 e. The van der Waals surface area contributed by atoms with Crippen LogP contribution in [0.5, 0.6) is 5.75 Å². The molecule has 0 spiro atoms. The van der Waals surface area contributed by atoms with Gasteiger partial charge in [-0.2, -0.15) is 0 Å². The Kier molecular flexibility index (Phi) is 3.78. The van der Waals surface area contributed by atoms with Crippen LogP contribution in [0.3, 0.4) is 0 Å². The van der Waals surface area contributed by atoms with Gasteiger partial charge in [0, 0.05) is 0 Å². The van der Waals surface area contributed by atoms with Gasteiger partial charge >= 0.3 is 0 Å². The summed E-state index contributed by atoms with van der Waals surface area (Å²) < 4.78 is 5.41. The fraction of sp³-hybridized carbons (Fsp3) is 0.455. The minimum absolute atomic E-state index is 0.257. The van der Waals surface area contributed by atoms with Crippen LogP contribution in [0, 0.1) is 0 Å². The molecule has 1 aromatic carbocycles. The van der Waals surface area contributed by atoms with Crippen LogP contribution in [0.15, 0.2) is 24.3 Å². The third kappa shape index (κ3) is 3.20. The quantitative estimate of drug-likeness (QED) is 0.835. The van der Waals surface area contributed by atoms with Crippen molar-refractivity contribution in [1.82, 2.24) is 0 Å². The number of ether oxygens (including phenoxy) is 1. The van der Waals surface area contributed by atoms with Gasteiger partial charge in [0.1, 0.15) is 12.4 Å². The Hall–Kier alpha value is -0.730. The van der Waals surface area contributed by atoms with E-state index in [0.717, 1.165) is 0 Å². The van der Waals surface area contributed by atoms with Crippen molar-refractivity contribution in [3.05, 3.63) is 29.3 Å². The zero-order valence-electron chi connectivity index (χ0n) is 8.46. The van der Waals surface area contributed by atoms with E-state index >= 15 is 0 Å². The van der Waals surface area contributed by atoms with Crippen LogP contribution in [-0.2, 0) is 0 Å². The molecule has 1 aromatic rings. The minimum atomic E-state index is -0.792. The number of rotatable bonds is 4. The van der Waals surface area contributed by atoms with Crippen molar-refractivity contribution in [2.45, 2.75) is 25.9 Å². The Labute approximate surface area is 89.5 Å². The van der Waals surface area contributed by atoms with Gasteiger partial charge in [-0.05, 0) is 25.5 Å². The van der Waals surface area contributed by atoms with Crippen molar-refractivity contribution in [2.24, 2.45) is 0 Å². The van der Waals surface area contributed by atoms with Crippen LogP contribution in [-0.4, -0.2) is 17.3 Å². The molecular weight excluding hydrogens is 200 g/mol. The average Bonchev–Trinajstić information content (AvgIpc) is 2.17. The SMILES string of the molecule is CCC(C)(O)COc1ccccc1Cl. The fourth-order valence-electron chi connectivity index (χ4n) is 0.897. The molecule has 0 saturated carbocycles. The number of halogens is 1. The molecule has 3 heteroatoms. The summed E-state index contributed by atoms with van der Waals surface area (Å²) in [5.41, 5.74) is -0.792. The third-order valence-electron chi connectivity index (χ3n) is 2.14. The van der Waals surface area contributed by atoms with Gasteiger partial charge in [0.15, 0.2) is 0 Å². The standard InChI is InChI=1S/C11H15ClO2/c1-3-11(2,13)8-14-10-7-5-4-6-9(10)12/h4-7,13H,3,8H2,1-2H3. The van der Waals surface area contributed by atoms with E-state index in [-0.39, 0.29) is 6.61 Å². The number of para-hydroxylation sites is 1. The first-order valence-electron chi connectivity index (χ1n) is 4.65. The van der Waals surface area contributed by atoms with E-state index in [4.69, 9.17) is 16.3 Å². The Morgan fingerprint density at radius 1 is 1.43 bits per heavy atom. The van der Waals surface area contributed by atoms with Crippen LogP contribution in [0.25, 0.3) is 0 Å². The third-order valence-corrected chi connectivity index (χ3v) is 2.45. The first-order valence-corrected chi connectivity index (χ1v) is 5.02. The van der Waals surface area contributed by atoms with E-state index in [2.05, 4.69) is 0 Å². The second-order valence-corrected chi connectivity index (χ2v) is 3.98. The van der Waals surface area contributed by atoms with Gasteiger partial charge in [-0.1, -0.05) is 30.7 Å². The number of hydrogen-bond acceptors (Lipinski definition) is 2. The van der Waals surface area contributed by atoms with E-state index in [9.17, 15) is 5.11 Å². The molecular formula is C11H15ClO2. The Bertz CT molecular complexity index is 297.